The zero-order chi connectivity index (χ0) is 20.2. The first-order valence-corrected chi connectivity index (χ1v) is 10.2. The average molecular weight is 429 g/mol. The monoisotopic (exact) mass is 428 g/mol. The number of carbonyl (C=O) groups is 1. The molecule has 160 valence electrons. The Kier molecular flexibility index (Phi) is 7.29. The molecule has 1 atom stereocenters. The molecule has 3 heterocycles. The molecule has 1 saturated heterocycles. The smallest absolute Gasteiger partial charge is 0.272 e. The maximum atomic E-state index is 12.6. The van der Waals surface area contributed by atoms with Gasteiger partial charge in [0.15, 0.2) is 0 Å². The van der Waals surface area contributed by atoms with Crippen molar-refractivity contribution in [3.63, 3.8) is 0 Å². The van der Waals surface area contributed by atoms with Crippen LogP contribution in [0.25, 0.3) is 0 Å². The third-order valence-corrected chi connectivity index (χ3v) is 5.62. The van der Waals surface area contributed by atoms with Gasteiger partial charge in [-0.15, -0.1) is 12.4 Å². The van der Waals surface area contributed by atoms with Crippen LogP contribution >= 0.6 is 12.4 Å². The summed E-state index contributed by atoms with van der Waals surface area (Å²) >= 11 is 0. The summed E-state index contributed by atoms with van der Waals surface area (Å²) in [7, 11) is 0. The van der Waals surface area contributed by atoms with Gasteiger partial charge in [0.2, 0.25) is 0 Å². The molecule has 1 fully saturated rings. The van der Waals surface area contributed by atoms with Crippen molar-refractivity contribution in [1.29, 1.82) is 0 Å². The van der Waals surface area contributed by atoms with E-state index in [-0.39, 0.29) is 18.3 Å². The number of nitrogens with zero attached hydrogens (tertiary/aromatic N) is 4. The number of piperidine rings is 1. The summed E-state index contributed by atoms with van der Waals surface area (Å²) in [6.07, 6.45) is 4.13. The molecule has 1 aliphatic rings. The van der Waals surface area contributed by atoms with Crippen molar-refractivity contribution >= 4 is 18.3 Å². The summed E-state index contributed by atoms with van der Waals surface area (Å²) in [5, 5.41) is 15.5. The van der Waals surface area contributed by atoms with E-state index in [0.717, 1.165) is 49.4 Å². The predicted octanol–water partition coefficient (Wildman–Crippen LogP) is 3.02. The second-order valence-corrected chi connectivity index (χ2v) is 7.66. The largest absolute Gasteiger partial charge is 0.346 e. The molecule has 0 bridgehead atoms. The Morgan fingerprint density at radius 2 is 2.00 bits per heavy atom. The van der Waals surface area contributed by atoms with E-state index in [9.17, 15) is 4.79 Å². The van der Waals surface area contributed by atoms with Crippen LogP contribution < -0.4 is 10.6 Å². The highest BCUT2D eigenvalue weighted by Crippen LogP contribution is 2.17. The fraction of sp³-hybridized carbons (Fsp3) is 0.409. The van der Waals surface area contributed by atoms with Crippen LogP contribution in [0.1, 0.15) is 51.9 Å². The molecule has 0 aliphatic carbocycles. The summed E-state index contributed by atoms with van der Waals surface area (Å²) in [6.45, 7) is 7.17. The standard InChI is InChI=1S/C22H28N6O.ClH/c1-16-20(17(2)28(25-16)15-18-7-4-3-5-8-18)14-24-22(29)21-10-12-27(26-21)19-9-6-11-23-13-19;/h3-5,7-8,10,12,19,23H,6,9,11,13-15H2,1-2H3,(H,24,29);1H. The lowest BCUT2D eigenvalue weighted by atomic mass is 10.1. The summed E-state index contributed by atoms with van der Waals surface area (Å²) in [6, 6.07) is 12.4. The average Bonchev–Trinajstić information content (AvgIpc) is 3.34. The van der Waals surface area contributed by atoms with E-state index in [1.807, 2.05) is 40.7 Å². The second-order valence-electron chi connectivity index (χ2n) is 7.66. The summed E-state index contributed by atoms with van der Waals surface area (Å²) < 4.78 is 3.91. The van der Waals surface area contributed by atoms with Crippen molar-refractivity contribution in [3.05, 3.63) is 70.8 Å². The van der Waals surface area contributed by atoms with Gasteiger partial charge in [-0.25, -0.2) is 0 Å². The Morgan fingerprint density at radius 1 is 1.20 bits per heavy atom. The van der Waals surface area contributed by atoms with Crippen LogP contribution in [0.4, 0.5) is 0 Å². The molecule has 0 radical (unpaired) electrons. The number of aromatic nitrogens is 4. The summed E-state index contributed by atoms with van der Waals surface area (Å²) in [5.41, 5.74) is 4.74. The lowest BCUT2D eigenvalue weighted by molar-refractivity contribution is 0.0944. The number of halogens is 1. The molecule has 2 aromatic heterocycles. The fourth-order valence-corrected chi connectivity index (χ4v) is 3.88. The predicted molar refractivity (Wildman–Crippen MR) is 119 cm³/mol. The van der Waals surface area contributed by atoms with Crippen LogP contribution in [-0.2, 0) is 13.1 Å². The van der Waals surface area contributed by atoms with Gasteiger partial charge in [0.05, 0.1) is 18.3 Å². The SMILES string of the molecule is Cc1nn(Cc2ccccc2)c(C)c1CNC(=O)c1ccn(C2CCCNC2)n1.Cl. The number of rotatable bonds is 6. The molecule has 0 spiro atoms. The Balaban J connectivity index is 0.00000256. The van der Waals surface area contributed by atoms with E-state index in [1.54, 1.807) is 6.07 Å². The number of amides is 1. The van der Waals surface area contributed by atoms with Gasteiger partial charge in [-0.2, -0.15) is 10.2 Å². The van der Waals surface area contributed by atoms with E-state index in [0.29, 0.717) is 18.3 Å². The first-order valence-electron chi connectivity index (χ1n) is 10.2. The fourth-order valence-electron chi connectivity index (χ4n) is 3.88. The van der Waals surface area contributed by atoms with Gasteiger partial charge in [-0.3, -0.25) is 14.2 Å². The number of benzene rings is 1. The van der Waals surface area contributed by atoms with Crippen molar-refractivity contribution in [2.24, 2.45) is 0 Å². The van der Waals surface area contributed by atoms with Crippen LogP contribution in [0.2, 0.25) is 0 Å². The molecule has 0 saturated carbocycles. The zero-order valence-electron chi connectivity index (χ0n) is 17.5. The van der Waals surface area contributed by atoms with Crippen LogP contribution in [0.5, 0.6) is 0 Å². The Morgan fingerprint density at radius 3 is 2.73 bits per heavy atom. The molecule has 8 heteroatoms. The van der Waals surface area contributed by atoms with Crippen molar-refractivity contribution in [2.45, 2.75) is 45.8 Å². The van der Waals surface area contributed by atoms with E-state index in [1.165, 1.54) is 5.56 Å². The minimum Gasteiger partial charge on any atom is -0.346 e. The Labute approximate surface area is 183 Å². The molecule has 1 aromatic carbocycles. The maximum absolute atomic E-state index is 12.6. The van der Waals surface area contributed by atoms with Gasteiger partial charge in [-0.05, 0) is 44.9 Å². The van der Waals surface area contributed by atoms with Crippen molar-refractivity contribution < 1.29 is 4.79 Å². The highest BCUT2D eigenvalue weighted by Gasteiger charge is 2.18. The van der Waals surface area contributed by atoms with Gasteiger partial charge in [0.1, 0.15) is 5.69 Å². The van der Waals surface area contributed by atoms with Crippen LogP contribution in [0.3, 0.4) is 0 Å². The Hall–Kier alpha value is -2.64. The van der Waals surface area contributed by atoms with Gasteiger partial charge in [-0.1, -0.05) is 30.3 Å². The molecular weight excluding hydrogens is 400 g/mol. The molecule has 30 heavy (non-hydrogen) atoms. The number of hydrogen-bond donors (Lipinski definition) is 2. The van der Waals surface area contributed by atoms with E-state index in [2.05, 4.69) is 39.9 Å². The van der Waals surface area contributed by atoms with Crippen molar-refractivity contribution in [1.82, 2.24) is 30.2 Å². The third kappa shape index (κ3) is 4.91. The number of nitrogens with one attached hydrogen (secondary N) is 2. The topological polar surface area (TPSA) is 76.8 Å². The van der Waals surface area contributed by atoms with Crippen LogP contribution in [0, 0.1) is 13.8 Å². The number of carbonyl (C=O) groups excluding carboxylic acids is 1. The van der Waals surface area contributed by atoms with E-state index >= 15 is 0 Å². The van der Waals surface area contributed by atoms with Crippen LogP contribution in [-0.4, -0.2) is 38.6 Å². The van der Waals surface area contributed by atoms with Gasteiger partial charge in [0.25, 0.3) is 5.91 Å². The third-order valence-electron chi connectivity index (χ3n) is 5.62. The normalized spacial score (nSPS) is 16.1. The van der Waals surface area contributed by atoms with Gasteiger partial charge in [0, 0.05) is 30.5 Å². The highest BCUT2D eigenvalue weighted by molar-refractivity contribution is 5.92. The van der Waals surface area contributed by atoms with Crippen molar-refractivity contribution in [3.8, 4) is 0 Å². The lowest BCUT2D eigenvalue weighted by Gasteiger charge is -2.22. The van der Waals surface area contributed by atoms with Gasteiger partial charge < -0.3 is 10.6 Å². The first kappa shape index (κ1) is 22.1. The van der Waals surface area contributed by atoms with Crippen molar-refractivity contribution in [2.75, 3.05) is 13.1 Å². The first-order chi connectivity index (χ1) is 14.1. The second kappa shape index (κ2) is 9.91. The lowest BCUT2D eigenvalue weighted by Crippen LogP contribution is -2.32. The molecule has 1 aliphatic heterocycles. The summed E-state index contributed by atoms with van der Waals surface area (Å²) in [5.74, 6) is -0.151. The molecule has 7 nitrogen and oxygen atoms in total. The molecular formula is C22H29ClN6O. The molecule has 4 rings (SSSR count). The molecule has 2 N–H and O–H groups in total. The number of aryl methyl sites for hydroxylation is 1. The minimum atomic E-state index is -0.151. The van der Waals surface area contributed by atoms with Gasteiger partial charge >= 0.3 is 0 Å². The Bertz CT molecular complexity index is 975. The highest BCUT2D eigenvalue weighted by atomic mass is 35.5. The maximum Gasteiger partial charge on any atom is 0.272 e. The van der Waals surface area contributed by atoms with E-state index < -0.39 is 0 Å². The summed E-state index contributed by atoms with van der Waals surface area (Å²) in [4.78, 5) is 12.6. The number of hydrogen-bond acceptors (Lipinski definition) is 4. The molecule has 1 amide bonds. The minimum absolute atomic E-state index is 0. The molecule has 3 aromatic rings. The molecule has 1 unspecified atom stereocenters. The van der Waals surface area contributed by atoms with Crippen LogP contribution in [0.15, 0.2) is 42.6 Å². The zero-order valence-corrected chi connectivity index (χ0v) is 18.3. The quantitative estimate of drug-likeness (QED) is 0.632. The van der Waals surface area contributed by atoms with E-state index in [4.69, 9.17) is 0 Å².